The fourth-order valence-electron chi connectivity index (χ4n) is 5.16. The SMILES string of the molecule is O=C(COC(=O)[C@@H]1[C@@H]2C[C@@H]3[C@@H]1C(=O)O[C@H]3C2)c1ccc(Oc2ccc([N+](=O)[O-])cc2)c(Cl)c1. The van der Waals surface area contributed by atoms with Crippen LogP contribution in [-0.4, -0.2) is 35.4 Å². The Hall–Kier alpha value is -3.46. The van der Waals surface area contributed by atoms with Crippen molar-refractivity contribution in [3.63, 3.8) is 0 Å². The topological polar surface area (TPSA) is 122 Å². The van der Waals surface area contributed by atoms with Crippen LogP contribution < -0.4 is 4.74 Å². The number of fused-ring (bicyclic) bond motifs is 1. The van der Waals surface area contributed by atoms with Gasteiger partial charge in [-0.25, -0.2) is 0 Å². The number of nitro groups is 1. The lowest BCUT2D eigenvalue weighted by molar-refractivity contribution is -0.384. The smallest absolute Gasteiger partial charge is 0.310 e. The van der Waals surface area contributed by atoms with E-state index in [0.29, 0.717) is 12.2 Å². The summed E-state index contributed by atoms with van der Waals surface area (Å²) in [5, 5.41) is 10.9. The molecule has 1 aliphatic heterocycles. The van der Waals surface area contributed by atoms with Crippen LogP contribution in [0.5, 0.6) is 11.5 Å². The molecule has 1 saturated heterocycles. The molecule has 2 bridgehead atoms. The summed E-state index contributed by atoms with van der Waals surface area (Å²) in [6, 6.07) is 9.85. The van der Waals surface area contributed by atoms with Crippen molar-refractivity contribution in [2.24, 2.45) is 23.7 Å². The summed E-state index contributed by atoms with van der Waals surface area (Å²) >= 11 is 6.23. The first-order valence-electron chi connectivity index (χ1n) is 10.4. The second-order valence-electron chi connectivity index (χ2n) is 8.45. The molecule has 0 radical (unpaired) electrons. The molecule has 2 aliphatic carbocycles. The molecule has 3 fully saturated rings. The van der Waals surface area contributed by atoms with Crippen molar-refractivity contribution in [1.82, 2.24) is 0 Å². The van der Waals surface area contributed by atoms with E-state index in [9.17, 15) is 24.5 Å². The van der Waals surface area contributed by atoms with Gasteiger partial charge in [-0.2, -0.15) is 0 Å². The molecule has 0 amide bonds. The van der Waals surface area contributed by atoms with Crippen LogP contribution in [-0.2, 0) is 19.1 Å². The van der Waals surface area contributed by atoms with Gasteiger partial charge in [0.1, 0.15) is 17.6 Å². The summed E-state index contributed by atoms with van der Waals surface area (Å²) in [6.45, 7) is -0.462. The van der Waals surface area contributed by atoms with Crippen LogP contribution in [0.25, 0.3) is 0 Å². The summed E-state index contributed by atoms with van der Waals surface area (Å²) < 4.78 is 16.2. The van der Waals surface area contributed by atoms with E-state index in [1.807, 2.05) is 0 Å². The first-order valence-corrected chi connectivity index (χ1v) is 10.8. The zero-order valence-corrected chi connectivity index (χ0v) is 17.9. The number of benzene rings is 2. The number of ether oxygens (including phenoxy) is 3. The molecule has 3 aliphatic rings. The van der Waals surface area contributed by atoms with Crippen LogP contribution in [0.1, 0.15) is 23.2 Å². The highest BCUT2D eigenvalue weighted by Gasteiger charge is 2.64. The van der Waals surface area contributed by atoms with Crippen molar-refractivity contribution in [2.75, 3.05) is 6.61 Å². The van der Waals surface area contributed by atoms with E-state index >= 15 is 0 Å². The normalized spacial score (nSPS) is 26.7. The summed E-state index contributed by atoms with van der Waals surface area (Å²) in [7, 11) is 0. The van der Waals surface area contributed by atoms with Crippen molar-refractivity contribution < 1.29 is 33.5 Å². The monoisotopic (exact) mass is 471 g/mol. The van der Waals surface area contributed by atoms with Crippen LogP contribution in [0.4, 0.5) is 5.69 Å². The van der Waals surface area contributed by atoms with Gasteiger partial charge in [0.25, 0.3) is 5.69 Å². The number of hydrogen-bond acceptors (Lipinski definition) is 8. The van der Waals surface area contributed by atoms with Crippen LogP contribution in [0.3, 0.4) is 0 Å². The number of rotatable bonds is 7. The second-order valence-corrected chi connectivity index (χ2v) is 8.86. The minimum atomic E-state index is -0.546. The predicted octanol–water partition coefficient (Wildman–Crippen LogP) is 3.96. The van der Waals surface area contributed by atoms with Crippen molar-refractivity contribution >= 4 is 35.0 Å². The number of carbonyl (C=O) groups excluding carboxylic acids is 3. The van der Waals surface area contributed by atoms with E-state index in [-0.39, 0.29) is 45.9 Å². The summed E-state index contributed by atoms with van der Waals surface area (Å²) in [5.41, 5.74) is 0.163. The molecule has 2 aromatic rings. The molecule has 33 heavy (non-hydrogen) atoms. The van der Waals surface area contributed by atoms with E-state index in [0.717, 1.165) is 6.42 Å². The van der Waals surface area contributed by atoms with Gasteiger partial charge in [-0.3, -0.25) is 24.5 Å². The van der Waals surface area contributed by atoms with Gasteiger partial charge in [0.2, 0.25) is 0 Å². The highest BCUT2D eigenvalue weighted by atomic mass is 35.5. The van der Waals surface area contributed by atoms with Gasteiger partial charge < -0.3 is 14.2 Å². The predicted molar refractivity (Wildman–Crippen MR) is 113 cm³/mol. The average molecular weight is 472 g/mol. The Bertz CT molecular complexity index is 1160. The Morgan fingerprint density at radius 2 is 1.91 bits per heavy atom. The van der Waals surface area contributed by atoms with Crippen LogP contribution >= 0.6 is 11.6 Å². The fraction of sp³-hybridized carbons (Fsp3) is 0.348. The molecule has 5 rings (SSSR count). The molecule has 1 heterocycles. The van der Waals surface area contributed by atoms with Crippen molar-refractivity contribution in [3.05, 3.63) is 63.2 Å². The largest absolute Gasteiger partial charge is 0.462 e. The van der Waals surface area contributed by atoms with Crippen molar-refractivity contribution in [3.8, 4) is 11.5 Å². The summed E-state index contributed by atoms with van der Waals surface area (Å²) in [4.78, 5) is 47.4. The number of nitro benzene ring substituents is 1. The van der Waals surface area contributed by atoms with Crippen LogP contribution in [0.2, 0.25) is 5.02 Å². The Balaban J connectivity index is 1.20. The minimum Gasteiger partial charge on any atom is -0.462 e. The maximum atomic E-state index is 12.6. The van der Waals surface area contributed by atoms with Crippen LogP contribution in [0.15, 0.2) is 42.5 Å². The van der Waals surface area contributed by atoms with E-state index in [1.165, 1.54) is 42.5 Å². The molecular formula is C23H18ClNO8. The van der Waals surface area contributed by atoms with E-state index in [4.69, 9.17) is 25.8 Å². The number of nitrogens with zero attached hydrogens (tertiary/aromatic N) is 1. The molecule has 10 heteroatoms. The number of halogens is 1. The van der Waals surface area contributed by atoms with Gasteiger partial charge in [-0.1, -0.05) is 11.6 Å². The quantitative estimate of drug-likeness (QED) is 0.257. The average Bonchev–Trinajstić information content (AvgIpc) is 3.42. The Morgan fingerprint density at radius 3 is 2.61 bits per heavy atom. The molecule has 5 atom stereocenters. The molecule has 9 nitrogen and oxygen atoms in total. The highest BCUT2D eigenvalue weighted by Crippen LogP contribution is 2.57. The fourth-order valence-corrected chi connectivity index (χ4v) is 5.38. The lowest BCUT2D eigenvalue weighted by atomic mass is 9.80. The third-order valence-electron chi connectivity index (χ3n) is 6.63. The van der Waals surface area contributed by atoms with Crippen molar-refractivity contribution in [2.45, 2.75) is 18.9 Å². The van der Waals surface area contributed by atoms with Gasteiger partial charge in [0, 0.05) is 23.6 Å². The third-order valence-corrected chi connectivity index (χ3v) is 6.93. The zero-order chi connectivity index (χ0) is 23.3. The maximum absolute atomic E-state index is 12.6. The van der Waals surface area contributed by atoms with Gasteiger partial charge in [-0.05, 0) is 49.1 Å². The molecule has 2 aromatic carbocycles. The van der Waals surface area contributed by atoms with Gasteiger partial charge >= 0.3 is 11.9 Å². The molecular weight excluding hydrogens is 454 g/mol. The maximum Gasteiger partial charge on any atom is 0.310 e. The molecule has 2 saturated carbocycles. The zero-order valence-electron chi connectivity index (χ0n) is 17.1. The van der Waals surface area contributed by atoms with E-state index < -0.39 is 35.1 Å². The Labute approximate surface area is 192 Å². The second kappa shape index (κ2) is 8.15. The highest BCUT2D eigenvalue weighted by molar-refractivity contribution is 6.32. The minimum absolute atomic E-state index is 0.0596. The number of ketones is 1. The van der Waals surface area contributed by atoms with Gasteiger partial charge in [0.15, 0.2) is 12.4 Å². The molecule has 0 unspecified atom stereocenters. The number of Topliss-reactive ketones (excluding diaryl/α,β-unsaturated/α-hetero) is 1. The number of hydrogen-bond donors (Lipinski definition) is 0. The van der Waals surface area contributed by atoms with Crippen LogP contribution in [0, 0.1) is 33.8 Å². The van der Waals surface area contributed by atoms with E-state index in [2.05, 4.69) is 0 Å². The van der Waals surface area contributed by atoms with Gasteiger partial charge in [0.05, 0.1) is 21.8 Å². The lowest BCUT2D eigenvalue weighted by Gasteiger charge is -2.22. The van der Waals surface area contributed by atoms with E-state index in [1.54, 1.807) is 0 Å². The lowest BCUT2D eigenvalue weighted by Crippen LogP contribution is -2.34. The first kappa shape index (κ1) is 21.4. The first-order chi connectivity index (χ1) is 15.8. The number of esters is 2. The van der Waals surface area contributed by atoms with Gasteiger partial charge in [-0.15, -0.1) is 0 Å². The number of carbonyl (C=O) groups is 3. The van der Waals surface area contributed by atoms with Crippen molar-refractivity contribution in [1.29, 1.82) is 0 Å². The summed E-state index contributed by atoms with van der Waals surface area (Å²) in [5.74, 6) is -1.58. The molecule has 170 valence electrons. The Kier molecular flexibility index (Phi) is 5.28. The molecule has 0 N–H and O–H groups in total. The molecule has 0 aromatic heterocycles. The Morgan fingerprint density at radius 1 is 1.15 bits per heavy atom. The molecule has 0 spiro atoms. The third kappa shape index (κ3) is 3.82. The number of non-ortho nitro benzene ring substituents is 1. The summed E-state index contributed by atoms with van der Waals surface area (Å²) in [6.07, 6.45) is 1.37. The standard InChI is InChI=1S/C23H18ClNO8/c24-16-8-11(1-6-18(16)32-14-4-2-13(3-5-14)25(29)30)17(26)10-31-22(27)20-12-7-15-19(9-12)33-23(28)21(15)20/h1-6,8,12,15,19-21H,7,9-10H2/t12-,15+,19+,20-,21+/m1/s1.